The van der Waals surface area contributed by atoms with Crippen LogP contribution in [0.5, 0.6) is 5.75 Å². The van der Waals surface area contributed by atoms with E-state index in [0.717, 1.165) is 54.6 Å². The number of amidine groups is 1. The zero-order chi connectivity index (χ0) is 27.8. The minimum absolute atomic E-state index is 0.0207. The first-order valence-electron chi connectivity index (χ1n) is 14.1. The number of hydrogen-bond donors (Lipinski definition) is 1. The Hall–Kier alpha value is -3.22. The molecule has 3 unspecified atom stereocenters. The normalized spacial score (nSPS) is 22.9. The number of likely N-dealkylation sites (tertiary alicyclic amines) is 1. The van der Waals surface area contributed by atoms with Gasteiger partial charge in [0.1, 0.15) is 11.6 Å². The van der Waals surface area contributed by atoms with Gasteiger partial charge >= 0.3 is 0 Å². The summed E-state index contributed by atoms with van der Waals surface area (Å²) >= 11 is 0. The van der Waals surface area contributed by atoms with Crippen LogP contribution in [0.1, 0.15) is 96.0 Å². The number of amides is 1. The predicted octanol–water partition coefficient (Wildman–Crippen LogP) is 6.19. The highest BCUT2D eigenvalue weighted by molar-refractivity contribution is 6.08. The van der Waals surface area contributed by atoms with Gasteiger partial charge in [-0.3, -0.25) is 14.6 Å². The zero-order valence-electron chi connectivity index (χ0n) is 23.9. The molecule has 7 heteroatoms. The van der Waals surface area contributed by atoms with E-state index in [4.69, 9.17) is 15.5 Å². The van der Waals surface area contributed by atoms with Gasteiger partial charge in [-0.15, -0.1) is 0 Å². The molecule has 2 aliphatic heterocycles. The van der Waals surface area contributed by atoms with Gasteiger partial charge < -0.3 is 15.4 Å². The smallest absolute Gasteiger partial charge is 0.222 e. The molecule has 1 amide bonds. The molecular weight excluding hydrogens is 476 g/mol. The third-order valence-corrected chi connectivity index (χ3v) is 7.69. The fourth-order valence-electron chi connectivity index (χ4n) is 5.54. The van der Waals surface area contributed by atoms with Crippen molar-refractivity contribution < 1.29 is 14.3 Å². The molecular formula is C31H44N4O3. The fourth-order valence-corrected chi connectivity index (χ4v) is 5.54. The fraction of sp³-hybridized carbons (Fsp3) is 0.548. The van der Waals surface area contributed by atoms with Crippen LogP contribution in [0.15, 0.2) is 46.0 Å². The number of benzene rings is 1. The SMILES string of the molecule is C/C=C\N=C(N)C1=C(c2ccc(C(C)=O)cc2OCC)N=C(C2CCC(CC)N(C(=O)CC)C2)CCC1C. The maximum Gasteiger partial charge on any atom is 0.222 e. The number of ether oxygens (including phenoxy) is 1. The van der Waals surface area contributed by atoms with Crippen LogP contribution in [0.2, 0.25) is 0 Å². The van der Waals surface area contributed by atoms with Crippen LogP contribution in [-0.4, -0.2) is 47.3 Å². The molecule has 3 atom stereocenters. The van der Waals surface area contributed by atoms with E-state index in [2.05, 4.69) is 23.7 Å². The molecule has 7 nitrogen and oxygen atoms in total. The molecule has 2 heterocycles. The highest BCUT2D eigenvalue weighted by Crippen LogP contribution is 2.39. The minimum Gasteiger partial charge on any atom is -0.493 e. The average molecular weight is 521 g/mol. The maximum atomic E-state index is 12.8. The summed E-state index contributed by atoms with van der Waals surface area (Å²) in [5.41, 5.74) is 10.7. The van der Waals surface area contributed by atoms with Crippen molar-refractivity contribution in [2.24, 2.45) is 27.6 Å². The maximum absolute atomic E-state index is 12.8. The highest BCUT2D eigenvalue weighted by Gasteiger charge is 2.34. The Kier molecular flexibility index (Phi) is 10.5. The second kappa shape index (κ2) is 13.5. The first kappa shape index (κ1) is 29.3. The van der Waals surface area contributed by atoms with Gasteiger partial charge in [-0.2, -0.15) is 0 Å². The molecule has 0 spiro atoms. The molecule has 0 radical (unpaired) electrons. The number of hydrogen-bond acceptors (Lipinski definition) is 5. The summed E-state index contributed by atoms with van der Waals surface area (Å²) in [5.74, 6) is 1.54. The lowest BCUT2D eigenvalue weighted by molar-refractivity contribution is -0.135. The van der Waals surface area contributed by atoms with E-state index in [0.29, 0.717) is 42.8 Å². The van der Waals surface area contributed by atoms with Crippen molar-refractivity contribution in [3.05, 3.63) is 47.2 Å². The summed E-state index contributed by atoms with van der Waals surface area (Å²) in [7, 11) is 0. The first-order chi connectivity index (χ1) is 18.2. The lowest BCUT2D eigenvalue weighted by Crippen LogP contribution is -2.48. The number of carbonyl (C=O) groups is 2. The number of nitrogens with two attached hydrogens (primary N) is 1. The second-order valence-corrected chi connectivity index (χ2v) is 10.2. The standard InChI is InChI=1S/C31H44N4O3/c1-7-17-33-31(32)29-20(5)11-16-26(23-12-14-24(8-2)35(19-23)28(37)9-3)34-30(29)25-15-13-22(21(6)36)18-27(25)38-10-4/h7,13,15,17-18,20,23-24H,8-12,14,16,19H2,1-6H3,(H2,32,33)/b17-7-. The number of ketones is 1. The molecule has 1 fully saturated rings. The molecule has 2 N–H and O–H groups in total. The third kappa shape index (κ3) is 6.61. The number of nitrogens with zero attached hydrogens (tertiary/aromatic N) is 3. The van der Waals surface area contributed by atoms with Gasteiger partial charge in [0, 0.05) is 53.5 Å². The molecule has 0 aromatic heterocycles. The number of piperidine rings is 1. The predicted molar refractivity (Wildman–Crippen MR) is 156 cm³/mol. The summed E-state index contributed by atoms with van der Waals surface area (Å²) in [6.45, 7) is 12.8. The van der Waals surface area contributed by atoms with E-state index in [1.165, 1.54) is 0 Å². The van der Waals surface area contributed by atoms with Crippen LogP contribution in [0, 0.1) is 11.8 Å². The van der Waals surface area contributed by atoms with Crippen molar-refractivity contribution in [2.75, 3.05) is 13.2 Å². The summed E-state index contributed by atoms with van der Waals surface area (Å²) in [4.78, 5) is 36.8. The molecule has 3 rings (SSSR count). The van der Waals surface area contributed by atoms with Gasteiger partial charge in [0.05, 0.1) is 12.3 Å². The Labute approximate surface area is 227 Å². The molecule has 1 aromatic carbocycles. The Morgan fingerprint density at radius 3 is 2.61 bits per heavy atom. The van der Waals surface area contributed by atoms with Crippen LogP contribution < -0.4 is 10.5 Å². The molecule has 2 aliphatic rings. The lowest BCUT2D eigenvalue weighted by Gasteiger charge is -2.40. The third-order valence-electron chi connectivity index (χ3n) is 7.69. The van der Waals surface area contributed by atoms with Gasteiger partial charge in [0.25, 0.3) is 0 Å². The van der Waals surface area contributed by atoms with E-state index < -0.39 is 0 Å². The lowest BCUT2D eigenvalue weighted by atomic mass is 9.85. The van der Waals surface area contributed by atoms with Crippen molar-refractivity contribution in [1.82, 2.24) is 4.90 Å². The number of aliphatic imine (C=N–C) groups is 2. The first-order valence-corrected chi connectivity index (χ1v) is 14.1. The van der Waals surface area contributed by atoms with E-state index in [1.807, 2.05) is 39.0 Å². The monoisotopic (exact) mass is 520 g/mol. The van der Waals surface area contributed by atoms with Crippen molar-refractivity contribution in [3.8, 4) is 5.75 Å². The van der Waals surface area contributed by atoms with E-state index in [1.54, 1.807) is 19.2 Å². The average Bonchev–Trinajstić information content (AvgIpc) is 3.09. The summed E-state index contributed by atoms with van der Waals surface area (Å²) in [6.07, 6.45) is 8.73. The van der Waals surface area contributed by atoms with Crippen LogP contribution >= 0.6 is 0 Å². The molecule has 1 saturated heterocycles. The Morgan fingerprint density at radius 2 is 1.97 bits per heavy atom. The zero-order valence-corrected chi connectivity index (χ0v) is 23.9. The van der Waals surface area contributed by atoms with Gasteiger partial charge in [-0.1, -0.05) is 32.9 Å². The van der Waals surface area contributed by atoms with Crippen LogP contribution in [0.3, 0.4) is 0 Å². The Bertz CT molecular complexity index is 1150. The van der Waals surface area contributed by atoms with E-state index >= 15 is 0 Å². The van der Waals surface area contributed by atoms with Crippen molar-refractivity contribution >= 4 is 28.9 Å². The Morgan fingerprint density at radius 1 is 1.21 bits per heavy atom. The number of rotatable bonds is 9. The van der Waals surface area contributed by atoms with Crippen molar-refractivity contribution in [2.45, 2.75) is 86.1 Å². The Balaban J connectivity index is 2.20. The number of Topliss-reactive ketones (excluding diaryl/α,β-unsaturated/α-hetero) is 1. The van der Waals surface area contributed by atoms with Crippen molar-refractivity contribution in [3.63, 3.8) is 0 Å². The number of carbonyl (C=O) groups excluding carboxylic acids is 2. The molecule has 0 aliphatic carbocycles. The molecule has 206 valence electrons. The van der Waals surface area contributed by atoms with Gasteiger partial charge in [0.15, 0.2) is 5.78 Å². The van der Waals surface area contributed by atoms with E-state index in [9.17, 15) is 9.59 Å². The van der Waals surface area contributed by atoms with Gasteiger partial charge in [-0.05, 0) is 70.9 Å². The van der Waals surface area contributed by atoms with Crippen LogP contribution in [0.25, 0.3) is 5.70 Å². The molecule has 0 bridgehead atoms. The molecule has 1 aromatic rings. The minimum atomic E-state index is -0.0207. The molecule has 0 saturated carbocycles. The quantitative estimate of drug-likeness (QED) is 0.239. The van der Waals surface area contributed by atoms with Crippen LogP contribution in [-0.2, 0) is 4.79 Å². The summed E-state index contributed by atoms with van der Waals surface area (Å²) in [5, 5.41) is 0. The van der Waals surface area contributed by atoms with Crippen molar-refractivity contribution in [1.29, 1.82) is 0 Å². The van der Waals surface area contributed by atoms with Crippen LogP contribution in [0.4, 0.5) is 0 Å². The second-order valence-electron chi connectivity index (χ2n) is 10.2. The number of allylic oxidation sites excluding steroid dienone is 1. The van der Waals surface area contributed by atoms with E-state index in [-0.39, 0.29) is 23.5 Å². The highest BCUT2D eigenvalue weighted by atomic mass is 16.5. The topological polar surface area (TPSA) is 97.3 Å². The van der Waals surface area contributed by atoms with Gasteiger partial charge in [-0.25, -0.2) is 4.99 Å². The molecule has 38 heavy (non-hydrogen) atoms. The largest absolute Gasteiger partial charge is 0.493 e. The summed E-state index contributed by atoms with van der Waals surface area (Å²) in [6, 6.07) is 5.83. The summed E-state index contributed by atoms with van der Waals surface area (Å²) < 4.78 is 6.04. The van der Waals surface area contributed by atoms with Gasteiger partial charge in [0.2, 0.25) is 5.91 Å².